The molecule has 29 heavy (non-hydrogen) atoms. The zero-order valence-corrected chi connectivity index (χ0v) is 16.4. The number of ether oxygens (including phenoxy) is 1. The molecule has 0 bridgehead atoms. The molecular weight excluding hydrogens is 433 g/mol. The molecule has 1 aliphatic heterocycles. The van der Waals surface area contributed by atoms with Crippen LogP contribution >= 0.6 is 11.6 Å². The maximum atomic E-state index is 13.1. The summed E-state index contributed by atoms with van der Waals surface area (Å²) in [5.41, 5.74) is -1.58. The average molecular weight is 449 g/mol. The van der Waals surface area contributed by atoms with Crippen LogP contribution in [0.5, 0.6) is 0 Å². The number of rotatable bonds is 4. The molecule has 1 heterocycles. The van der Waals surface area contributed by atoms with Gasteiger partial charge < -0.3 is 10.1 Å². The average Bonchev–Trinajstić information content (AvgIpc) is 2.68. The molecule has 2 aromatic rings. The van der Waals surface area contributed by atoms with Gasteiger partial charge in [0.25, 0.3) is 5.91 Å². The standard InChI is InChI=1S/C18H16ClF3N2O4S/c19-14-6-5-12(11-16(14)29(26,27)24-7-9-28-10-8-24)17(25)23-15-4-2-1-3-13(15)18(20,21)22/h1-6,11H,7-10H2,(H,23,25). The number of nitrogens with one attached hydrogen (secondary N) is 1. The Labute approximate surface area is 170 Å². The van der Waals surface area contributed by atoms with Gasteiger partial charge in [0.1, 0.15) is 4.90 Å². The van der Waals surface area contributed by atoms with Crippen molar-refractivity contribution in [3.63, 3.8) is 0 Å². The van der Waals surface area contributed by atoms with Gasteiger partial charge in [-0.3, -0.25) is 4.79 Å². The second-order valence-electron chi connectivity index (χ2n) is 6.16. The maximum absolute atomic E-state index is 13.1. The molecular formula is C18H16ClF3N2O4S. The minimum Gasteiger partial charge on any atom is -0.379 e. The van der Waals surface area contributed by atoms with Crippen LogP contribution in [0.1, 0.15) is 15.9 Å². The van der Waals surface area contributed by atoms with Crippen molar-refractivity contribution in [2.24, 2.45) is 0 Å². The molecule has 3 rings (SSSR count). The third-order valence-corrected chi connectivity index (χ3v) is 6.64. The number of nitrogens with zero attached hydrogens (tertiary/aromatic N) is 1. The van der Waals surface area contributed by atoms with Crippen LogP contribution in [-0.4, -0.2) is 44.9 Å². The van der Waals surface area contributed by atoms with Crippen LogP contribution < -0.4 is 5.32 Å². The number of sulfonamides is 1. The number of alkyl halides is 3. The zero-order valence-electron chi connectivity index (χ0n) is 14.9. The summed E-state index contributed by atoms with van der Waals surface area (Å²) in [6.45, 7) is 0.721. The molecule has 0 spiro atoms. The largest absolute Gasteiger partial charge is 0.418 e. The summed E-state index contributed by atoms with van der Waals surface area (Å²) in [5.74, 6) is -0.892. The van der Waals surface area contributed by atoms with Gasteiger partial charge in [-0.15, -0.1) is 0 Å². The Bertz CT molecular complexity index is 1020. The molecule has 2 aromatic carbocycles. The van der Waals surface area contributed by atoms with Gasteiger partial charge in [-0.25, -0.2) is 8.42 Å². The number of para-hydroxylation sites is 1. The first-order valence-electron chi connectivity index (χ1n) is 8.46. The molecule has 6 nitrogen and oxygen atoms in total. The number of carbonyl (C=O) groups excluding carboxylic acids is 1. The van der Waals surface area contributed by atoms with E-state index >= 15 is 0 Å². The highest BCUT2D eigenvalue weighted by atomic mass is 35.5. The van der Waals surface area contributed by atoms with E-state index in [1.165, 1.54) is 28.6 Å². The summed E-state index contributed by atoms with van der Waals surface area (Å²) in [4.78, 5) is 12.2. The summed E-state index contributed by atoms with van der Waals surface area (Å²) >= 11 is 6.03. The third kappa shape index (κ3) is 4.72. The second kappa shape index (κ2) is 8.31. The number of carbonyl (C=O) groups is 1. The van der Waals surface area contributed by atoms with E-state index in [9.17, 15) is 26.4 Å². The molecule has 1 saturated heterocycles. The van der Waals surface area contributed by atoms with Gasteiger partial charge in [0.2, 0.25) is 10.0 Å². The minimum absolute atomic E-state index is 0.0938. The molecule has 11 heteroatoms. The summed E-state index contributed by atoms with van der Waals surface area (Å²) < 4.78 is 71.3. The van der Waals surface area contributed by atoms with Gasteiger partial charge >= 0.3 is 6.18 Å². The molecule has 1 aliphatic rings. The summed E-state index contributed by atoms with van der Waals surface area (Å²) in [7, 11) is -3.99. The normalized spacial score (nSPS) is 15.9. The van der Waals surface area contributed by atoms with Crippen LogP contribution in [0, 0.1) is 0 Å². The predicted molar refractivity (Wildman–Crippen MR) is 100 cm³/mol. The maximum Gasteiger partial charge on any atom is 0.418 e. The van der Waals surface area contributed by atoms with Gasteiger partial charge in [-0.05, 0) is 30.3 Å². The third-order valence-electron chi connectivity index (χ3n) is 4.26. The van der Waals surface area contributed by atoms with Crippen molar-refractivity contribution in [2.75, 3.05) is 31.6 Å². The fraction of sp³-hybridized carbons (Fsp3) is 0.278. The van der Waals surface area contributed by atoms with E-state index in [1.54, 1.807) is 0 Å². The predicted octanol–water partition coefficient (Wildman–Crippen LogP) is 3.63. The fourth-order valence-corrected chi connectivity index (χ4v) is 4.71. The lowest BCUT2D eigenvalue weighted by Gasteiger charge is -2.26. The van der Waals surface area contributed by atoms with Crippen LogP contribution in [0.15, 0.2) is 47.4 Å². The molecule has 0 radical (unpaired) electrons. The Hall–Kier alpha value is -2.14. The number of benzene rings is 2. The van der Waals surface area contributed by atoms with Crippen molar-refractivity contribution in [1.29, 1.82) is 0 Å². The molecule has 1 fully saturated rings. The second-order valence-corrected chi connectivity index (χ2v) is 8.47. The SMILES string of the molecule is O=C(Nc1ccccc1C(F)(F)F)c1ccc(Cl)c(S(=O)(=O)N2CCOCC2)c1. The summed E-state index contributed by atoms with van der Waals surface area (Å²) in [6, 6.07) is 8.02. The van der Waals surface area contributed by atoms with E-state index in [1.807, 2.05) is 0 Å². The highest BCUT2D eigenvalue weighted by Gasteiger charge is 2.34. The van der Waals surface area contributed by atoms with Crippen molar-refractivity contribution in [3.05, 3.63) is 58.6 Å². The Morgan fingerprint density at radius 3 is 2.41 bits per heavy atom. The molecule has 0 aliphatic carbocycles. The molecule has 0 unspecified atom stereocenters. The number of amides is 1. The van der Waals surface area contributed by atoms with Crippen molar-refractivity contribution < 1.29 is 31.1 Å². The van der Waals surface area contributed by atoms with Crippen LogP contribution in [0.4, 0.5) is 18.9 Å². The first-order valence-corrected chi connectivity index (χ1v) is 10.3. The molecule has 156 valence electrons. The Kier molecular flexibility index (Phi) is 6.18. The van der Waals surface area contributed by atoms with Gasteiger partial charge in [-0.1, -0.05) is 23.7 Å². The fourth-order valence-electron chi connectivity index (χ4n) is 2.80. The lowest BCUT2D eigenvalue weighted by molar-refractivity contribution is -0.136. The van der Waals surface area contributed by atoms with Crippen LogP contribution in [0.2, 0.25) is 5.02 Å². The van der Waals surface area contributed by atoms with Crippen molar-refractivity contribution in [3.8, 4) is 0 Å². The van der Waals surface area contributed by atoms with Crippen LogP contribution in [-0.2, 0) is 20.9 Å². The Morgan fingerprint density at radius 2 is 1.76 bits per heavy atom. The summed E-state index contributed by atoms with van der Waals surface area (Å²) in [5, 5.41) is 2.09. The quantitative estimate of drug-likeness (QED) is 0.775. The van der Waals surface area contributed by atoms with Crippen molar-refractivity contribution >= 4 is 33.2 Å². The molecule has 0 aromatic heterocycles. The van der Waals surface area contributed by atoms with E-state index in [4.69, 9.17) is 16.3 Å². The number of morpholine rings is 1. The van der Waals surface area contributed by atoms with Gasteiger partial charge in [0.15, 0.2) is 0 Å². The molecule has 0 saturated carbocycles. The lowest BCUT2D eigenvalue weighted by atomic mass is 10.1. The number of hydrogen-bond donors (Lipinski definition) is 1. The number of anilines is 1. The smallest absolute Gasteiger partial charge is 0.379 e. The van der Waals surface area contributed by atoms with Gasteiger partial charge in [0.05, 0.1) is 29.5 Å². The van der Waals surface area contributed by atoms with Crippen molar-refractivity contribution in [1.82, 2.24) is 4.31 Å². The molecule has 1 N–H and O–H groups in total. The Balaban J connectivity index is 1.91. The Morgan fingerprint density at radius 1 is 1.10 bits per heavy atom. The van der Waals surface area contributed by atoms with Crippen LogP contribution in [0.3, 0.4) is 0 Å². The van der Waals surface area contributed by atoms with E-state index < -0.39 is 33.4 Å². The first-order chi connectivity index (χ1) is 13.6. The molecule has 0 atom stereocenters. The molecule has 1 amide bonds. The monoisotopic (exact) mass is 448 g/mol. The van der Waals surface area contributed by atoms with Crippen LogP contribution in [0.25, 0.3) is 0 Å². The zero-order chi connectivity index (χ0) is 21.2. The highest BCUT2D eigenvalue weighted by Crippen LogP contribution is 2.35. The summed E-state index contributed by atoms with van der Waals surface area (Å²) in [6.07, 6.45) is -4.66. The van der Waals surface area contributed by atoms with Crippen molar-refractivity contribution in [2.45, 2.75) is 11.1 Å². The number of hydrogen-bond acceptors (Lipinski definition) is 4. The lowest BCUT2D eigenvalue weighted by Crippen LogP contribution is -2.40. The first kappa shape index (κ1) is 21.6. The van der Waals surface area contributed by atoms with E-state index in [0.717, 1.165) is 18.2 Å². The number of halogens is 4. The van der Waals surface area contributed by atoms with Gasteiger partial charge in [-0.2, -0.15) is 17.5 Å². The van der Waals surface area contributed by atoms with Gasteiger partial charge in [0, 0.05) is 18.7 Å². The van der Waals surface area contributed by atoms with E-state index in [-0.39, 0.29) is 41.8 Å². The minimum atomic E-state index is -4.66. The van der Waals surface area contributed by atoms with E-state index in [0.29, 0.717) is 0 Å². The highest BCUT2D eigenvalue weighted by molar-refractivity contribution is 7.89. The topological polar surface area (TPSA) is 75.7 Å². The van der Waals surface area contributed by atoms with E-state index in [2.05, 4.69) is 5.32 Å².